The lowest BCUT2D eigenvalue weighted by Crippen LogP contribution is -2.28. The van der Waals surface area contributed by atoms with Gasteiger partial charge in [0.25, 0.3) is 5.91 Å². The summed E-state index contributed by atoms with van der Waals surface area (Å²) < 4.78 is 26.2. The first-order chi connectivity index (χ1) is 12.9. The highest BCUT2D eigenvalue weighted by Crippen LogP contribution is 2.10. The molecule has 0 heterocycles. The van der Waals surface area contributed by atoms with Gasteiger partial charge in [-0.05, 0) is 49.8 Å². The lowest BCUT2D eigenvalue weighted by molar-refractivity contribution is 0.0952. The Balaban J connectivity index is 1.75. The van der Waals surface area contributed by atoms with Crippen LogP contribution in [-0.4, -0.2) is 45.9 Å². The minimum absolute atomic E-state index is 0.156. The molecule has 0 aliphatic carbocycles. The number of rotatable bonds is 10. The first-order valence-electron chi connectivity index (χ1n) is 9.03. The average Bonchev–Trinajstić information content (AvgIpc) is 2.66. The fraction of sp³-hybridized carbons (Fsp3) is 0.350. The summed E-state index contributed by atoms with van der Waals surface area (Å²) in [4.78, 5) is 14.5. The molecule has 0 aromatic heterocycles. The van der Waals surface area contributed by atoms with Crippen molar-refractivity contribution in [3.05, 3.63) is 65.7 Å². The Labute approximate surface area is 161 Å². The summed E-state index contributed by atoms with van der Waals surface area (Å²) in [5.74, 6) is -0.201. The summed E-state index contributed by atoms with van der Waals surface area (Å²) in [5, 5.41) is 2.87. The summed E-state index contributed by atoms with van der Waals surface area (Å²) >= 11 is 0. The molecule has 0 aliphatic rings. The Morgan fingerprint density at radius 1 is 1.04 bits per heavy atom. The highest BCUT2D eigenvalue weighted by Gasteiger charge is 2.13. The minimum atomic E-state index is -3.50. The van der Waals surface area contributed by atoms with E-state index >= 15 is 0 Å². The zero-order chi connectivity index (χ0) is 19.7. The number of amides is 1. The van der Waals surface area contributed by atoms with E-state index in [0.29, 0.717) is 18.7 Å². The van der Waals surface area contributed by atoms with Crippen molar-refractivity contribution in [2.75, 3.05) is 26.7 Å². The van der Waals surface area contributed by atoms with Crippen LogP contribution in [-0.2, 0) is 16.6 Å². The average molecular weight is 390 g/mol. The maximum Gasteiger partial charge on any atom is 0.251 e. The fourth-order valence-electron chi connectivity index (χ4n) is 2.69. The molecule has 0 fully saturated rings. The number of nitrogens with zero attached hydrogens (tertiary/aromatic N) is 1. The third kappa shape index (κ3) is 6.78. The molecule has 2 aromatic rings. The third-order valence-corrected chi connectivity index (χ3v) is 5.62. The smallest absolute Gasteiger partial charge is 0.251 e. The van der Waals surface area contributed by atoms with Gasteiger partial charge in [-0.25, -0.2) is 13.1 Å². The molecule has 0 bridgehead atoms. The van der Waals surface area contributed by atoms with Gasteiger partial charge in [0, 0.05) is 25.2 Å². The third-order valence-electron chi connectivity index (χ3n) is 4.06. The molecule has 0 spiro atoms. The number of benzene rings is 2. The van der Waals surface area contributed by atoms with Crippen molar-refractivity contribution in [2.24, 2.45) is 0 Å². The maximum atomic E-state index is 12.2. The lowest BCUT2D eigenvalue weighted by atomic mass is 10.2. The molecule has 0 radical (unpaired) electrons. The molecular formula is C20H27N3O3S. The Kier molecular flexibility index (Phi) is 7.97. The van der Waals surface area contributed by atoms with Crippen LogP contribution in [0, 0.1) is 0 Å². The second-order valence-electron chi connectivity index (χ2n) is 6.36. The van der Waals surface area contributed by atoms with Gasteiger partial charge in [0.2, 0.25) is 10.0 Å². The van der Waals surface area contributed by atoms with Crippen LogP contribution < -0.4 is 10.0 Å². The van der Waals surface area contributed by atoms with Gasteiger partial charge in [-0.3, -0.25) is 4.79 Å². The largest absolute Gasteiger partial charge is 0.352 e. The number of nitrogens with one attached hydrogen (secondary N) is 2. The molecule has 2 aromatic carbocycles. The highest BCUT2D eigenvalue weighted by atomic mass is 32.2. The summed E-state index contributed by atoms with van der Waals surface area (Å²) in [5.41, 5.74) is 1.71. The zero-order valence-electron chi connectivity index (χ0n) is 15.8. The van der Waals surface area contributed by atoms with Crippen molar-refractivity contribution >= 4 is 15.9 Å². The monoisotopic (exact) mass is 389 g/mol. The Morgan fingerprint density at radius 3 is 2.33 bits per heavy atom. The highest BCUT2D eigenvalue weighted by molar-refractivity contribution is 7.89. The predicted octanol–water partition coefficient (Wildman–Crippen LogP) is 2.24. The van der Waals surface area contributed by atoms with Crippen molar-refractivity contribution in [3.63, 3.8) is 0 Å². The Bertz CT molecular complexity index is 821. The molecule has 6 nitrogen and oxygen atoms in total. The lowest BCUT2D eigenvalue weighted by Gasteiger charge is -2.16. The van der Waals surface area contributed by atoms with Crippen LogP contribution in [0.25, 0.3) is 0 Å². The Morgan fingerprint density at radius 2 is 1.70 bits per heavy atom. The summed E-state index contributed by atoms with van der Waals surface area (Å²) in [6.45, 7) is 4.35. The van der Waals surface area contributed by atoms with Gasteiger partial charge in [-0.1, -0.05) is 37.3 Å². The van der Waals surface area contributed by atoms with Crippen LogP contribution in [0.2, 0.25) is 0 Å². The molecule has 0 saturated carbocycles. The minimum Gasteiger partial charge on any atom is -0.352 e. The van der Waals surface area contributed by atoms with E-state index in [1.165, 1.54) is 29.8 Å². The first kappa shape index (κ1) is 21.1. The van der Waals surface area contributed by atoms with Crippen LogP contribution in [0.1, 0.15) is 29.3 Å². The summed E-state index contributed by atoms with van der Waals surface area (Å²) in [6, 6.07) is 16.2. The Hall–Kier alpha value is -2.22. The molecule has 2 rings (SSSR count). The summed E-state index contributed by atoms with van der Waals surface area (Å²) in [6.07, 6.45) is 0.835. The van der Waals surface area contributed by atoms with Gasteiger partial charge in [-0.2, -0.15) is 0 Å². The van der Waals surface area contributed by atoms with Gasteiger partial charge in [0.15, 0.2) is 0 Å². The molecule has 146 valence electrons. The number of hydrogen-bond acceptors (Lipinski definition) is 4. The zero-order valence-corrected chi connectivity index (χ0v) is 16.6. The summed E-state index contributed by atoms with van der Waals surface area (Å²) in [7, 11) is -1.44. The van der Waals surface area contributed by atoms with Gasteiger partial charge in [-0.15, -0.1) is 0 Å². The van der Waals surface area contributed by atoms with E-state index in [-0.39, 0.29) is 10.8 Å². The molecule has 0 unspecified atom stereocenters. The van der Waals surface area contributed by atoms with Crippen LogP contribution in [0.4, 0.5) is 0 Å². The molecule has 0 atom stereocenters. The first-order valence-corrected chi connectivity index (χ1v) is 10.5. The molecule has 0 aliphatic heterocycles. The number of carbonyl (C=O) groups excluding carboxylic acids is 1. The molecular weight excluding hydrogens is 362 g/mol. The number of hydrogen-bond donors (Lipinski definition) is 2. The molecule has 2 N–H and O–H groups in total. The van der Waals surface area contributed by atoms with E-state index in [2.05, 4.69) is 34.1 Å². The van der Waals surface area contributed by atoms with E-state index in [9.17, 15) is 13.2 Å². The van der Waals surface area contributed by atoms with Crippen LogP contribution in [0.5, 0.6) is 0 Å². The van der Waals surface area contributed by atoms with Gasteiger partial charge in [0.05, 0.1) is 4.90 Å². The van der Waals surface area contributed by atoms with Crippen LogP contribution in [0.15, 0.2) is 59.5 Å². The maximum absolute atomic E-state index is 12.2. The van der Waals surface area contributed by atoms with E-state index in [4.69, 9.17) is 0 Å². The second kappa shape index (κ2) is 10.2. The molecule has 27 heavy (non-hydrogen) atoms. The second-order valence-corrected chi connectivity index (χ2v) is 8.13. The predicted molar refractivity (Wildman–Crippen MR) is 107 cm³/mol. The van der Waals surface area contributed by atoms with Crippen molar-refractivity contribution in [3.8, 4) is 0 Å². The van der Waals surface area contributed by atoms with Gasteiger partial charge < -0.3 is 10.2 Å². The molecule has 7 heteroatoms. The topological polar surface area (TPSA) is 78.5 Å². The standard InChI is InChI=1S/C20H27N3O3S/c1-3-22-27(25,26)19-12-10-18(11-13-19)20(24)21-14-7-15-23(2)16-17-8-5-4-6-9-17/h4-6,8-13,22H,3,7,14-16H2,1-2H3,(H,21,24). The molecule has 1 amide bonds. The van der Waals surface area contributed by atoms with Gasteiger partial charge in [0.1, 0.15) is 0 Å². The number of sulfonamides is 1. The van der Waals surface area contributed by atoms with Crippen molar-refractivity contribution in [1.29, 1.82) is 0 Å². The van der Waals surface area contributed by atoms with Crippen LogP contribution >= 0.6 is 0 Å². The van der Waals surface area contributed by atoms with E-state index in [0.717, 1.165) is 19.5 Å². The van der Waals surface area contributed by atoms with Crippen molar-refractivity contribution in [1.82, 2.24) is 14.9 Å². The van der Waals surface area contributed by atoms with Crippen molar-refractivity contribution < 1.29 is 13.2 Å². The van der Waals surface area contributed by atoms with E-state index < -0.39 is 10.0 Å². The van der Waals surface area contributed by atoms with E-state index in [1.54, 1.807) is 6.92 Å². The van der Waals surface area contributed by atoms with Crippen LogP contribution in [0.3, 0.4) is 0 Å². The normalized spacial score (nSPS) is 11.5. The van der Waals surface area contributed by atoms with E-state index in [1.807, 2.05) is 18.2 Å². The quantitative estimate of drug-likeness (QED) is 0.611. The fourth-order valence-corrected chi connectivity index (χ4v) is 3.73. The van der Waals surface area contributed by atoms with Crippen molar-refractivity contribution in [2.45, 2.75) is 24.8 Å². The van der Waals surface area contributed by atoms with Gasteiger partial charge >= 0.3 is 0 Å². The SMILES string of the molecule is CCNS(=O)(=O)c1ccc(C(=O)NCCCN(C)Cc2ccccc2)cc1. The molecule has 0 saturated heterocycles. The number of carbonyl (C=O) groups is 1.